The molecule has 0 fully saturated rings. The molecule has 0 aliphatic rings. The molecular formula is C17H20BrNO2. The van der Waals surface area contributed by atoms with E-state index in [9.17, 15) is 0 Å². The molecule has 0 amide bonds. The molecule has 3 nitrogen and oxygen atoms in total. The number of halogens is 1. The number of methoxy groups -OCH3 is 2. The normalized spacial score (nSPS) is 12.0. The van der Waals surface area contributed by atoms with Gasteiger partial charge < -0.3 is 14.8 Å². The van der Waals surface area contributed by atoms with Crippen molar-refractivity contribution in [2.75, 3.05) is 14.2 Å². The van der Waals surface area contributed by atoms with Crippen LogP contribution in [-0.4, -0.2) is 14.2 Å². The second kappa shape index (κ2) is 7.48. The molecule has 0 heterocycles. The minimum absolute atomic E-state index is 0.251. The molecule has 0 saturated heterocycles. The predicted octanol–water partition coefficient (Wildman–Crippen LogP) is 4.32. The number of rotatable bonds is 6. The first-order valence-corrected chi connectivity index (χ1v) is 7.63. The smallest absolute Gasteiger partial charge is 0.133 e. The van der Waals surface area contributed by atoms with Gasteiger partial charge in [0.2, 0.25) is 0 Å². The summed E-state index contributed by atoms with van der Waals surface area (Å²) < 4.78 is 11.5. The van der Waals surface area contributed by atoms with Gasteiger partial charge in [-0.1, -0.05) is 18.2 Å². The molecule has 2 aromatic rings. The van der Waals surface area contributed by atoms with E-state index in [0.29, 0.717) is 0 Å². The van der Waals surface area contributed by atoms with Crippen LogP contribution in [0.5, 0.6) is 11.5 Å². The van der Waals surface area contributed by atoms with Gasteiger partial charge in [0.05, 0.1) is 18.7 Å². The predicted molar refractivity (Wildman–Crippen MR) is 88.9 cm³/mol. The van der Waals surface area contributed by atoms with Gasteiger partial charge in [0, 0.05) is 12.6 Å². The van der Waals surface area contributed by atoms with Crippen LogP contribution in [0.3, 0.4) is 0 Å². The molecule has 112 valence electrons. The Balaban J connectivity index is 2.00. The Bertz CT molecular complexity index is 601. The van der Waals surface area contributed by atoms with Gasteiger partial charge in [-0.2, -0.15) is 0 Å². The van der Waals surface area contributed by atoms with Gasteiger partial charge in [-0.15, -0.1) is 0 Å². The third kappa shape index (κ3) is 4.22. The van der Waals surface area contributed by atoms with E-state index in [1.54, 1.807) is 14.2 Å². The van der Waals surface area contributed by atoms with E-state index in [4.69, 9.17) is 9.47 Å². The van der Waals surface area contributed by atoms with Crippen LogP contribution in [0.15, 0.2) is 46.9 Å². The fraction of sp³-hybridized carbons (Fsp3) is 0.294. The Hall–Kier alpha value is -1.52. The fourth-order valence-electron chi connectivity index (χ4n) is 2.12. The lowest BCUT2D eigenvalue weighted by Gasteiger charge is -2.15. The summed E-state index contributed by atoms with van der Waals surface area (Å²) in [6, 6.07) is 14.5. The average Bonchev–Trinajstić information content (AvgIpc) is 2.52. The third-order valence-corrected chi connectivity index (χ3v) is 4.04. The van der Waals surface area contributed by atoms with Gasteiger partial charge >= 0.3 is 0 Å². The number of ether oxygens (including phenoxy) is 2. The van der Waals surface area contributed by atoms with Gasteiger partial charge in [0.1, 0.15) is 11.5 Å². The summed E-state index contributed by atoms with van der Waals surface area (Å²) in [6.07, 6.45) is 0. The Morgan fingerprint density at radius 3 is 2.57 bits per heavy atom. The summed E-state index contributed by atoms with van der Waals surface area (Å²) in [6.45, 7) is 2.94. The number of hydrogen-bond acceptors (Lipinski definition) is 3. The SMILES string of the molecule is COc1cccc([C@@H](C)NCc2ccc(OC)c(Br)c2)c1. The van der Waals surface area contributed by atoms with E-state index < -0.39 is 0 Å². The highest BCUT2D eigenvalue weighted by atomic mass is 79.9. The summed E-state index contributed by atoms with van der Waals surface area (Å²) in [5.74, 6) is 1.73. The van der Waals surface area contributed by atoms with E-state index >= 15 is 0 Å². The highest BCUT2D eigenvalue weighted by Gasteiger charge is 2.07. The van der Waals surface area contributed by atoms with Gasteiger partial charge in [-0.25, -0.2) is 0 Å². The highest BCUT2D eigenvalue weighted by Crippen LogP contribution is 2.26. The topological polar surface area (TPSA) is 30.5 Å². The molecule has 0 spiro atoms. The summed E-state index contributed by atoms with van der Waals surface area (Å²) in [4.78, 5) is 0. The zero-order valence-electron chi connectivity index (χ0n) is 12.5. The lowest BCUT2D eigenvalue weighted by atomic mass is 10.1. The molecule has 2 aromatic carbocycles. The van der Waals surface area contributed by atoms with E-state index in [1.165, 1.54) is 11.1 Å². The van der Waals surface area contributed by atoms with Gasteiger partial charge in [-0.05, 0) is 58.2 Å². The molecular weight excluding hydrogens is 330 g/mol. The molecule has 0 saturated carbocycles. The van der Waals surface area contributed by atoms with Crippen molar-refractivity contribution in [3.8, 4) is 11.5 Å². The van der Waals surface area contributed by atoms with Crippen molar-refractivity contribution >= 4 is 15.9 Å². The Labute approximate surface area is 134 Å². The van der Waals surface area contributed by atoms with Crippen molar-refractivity contribution in [3.05, 3.63) is 58.1 Å². The van der Waals surface area contributed by atoms with E-state index in [2.05, 4.69) is 52.4 Å². The first-order valence-electron chi connectivity index (χ1n) is 6.83. The second-order valence-corrected chi connectivity index (χ2v) is 5.70. The Morgan fingerprint density at radius 1 is 1.10 bits per heavy atom. The van der Waals surface area contributed by atoms with Crippen molar-refractivity contribution in [1.82, 2.24) is 5.32 Å². The minimum Gasteiger partial charge on any atom is -0.497 e. The highest BCUT2D eigenvalue weighted by molar-refractivity contribution is 9.10. The first-order chi connectivity index (χ1) is 10.1. The molecule has 0 bridgehead atoms. The maximum Gasteiger partial charge on any atom is 0.133 e. The van der Waals surface area contributed by atoms with Crippen molar-refractivity contribution in [2.24, 2.45) is 0 Å². The number of hydrogen-bond donors (Lipinski definition) is 1. The lowest BCUT2D eigenvalue weighted by molar-refractivity contribution is 0.411. The number of benzene rings is 2. The molecule has 1 N–H and O–H groups in total. The lowest BCUT2D eigenvalue weighted by Crippen LogP contribution is -2.18. The van der Waals surface area contributed by atoms with Crippen LogP contribution in [0, 0.1) is 0 Å². The van der Waals surface area contributed by atoms with E-state index in [1.807, 2.05) is 18.2 Å². The van der Waals surface area contributed by atoms with Crippen LogP contribution >= 0.6 is 15.9 Å². The molecule has 0 radical (unpaired) electrons. The maximum atomic E-state index is 5.26. The van der Waals surface area contributed by atoms with Gasteiger partial charge in [0.15, 0.2) is 0 Å². The summed E-state index contributed by atoms with van der Waals surface area (Å²) in [5, 5.41) is 3.51. The molecule has 0 aliphatic heterocycles. The van der Waals surface area contributed by atoms with E-state index in [0.717, 1.165) is 22.5 Å². The van der Waals surface area contributed by atoms with Crippen molar-refractivity contribution in [3.63, 3.8) is 0 Å². The quantitative estimate of drug-likeness (QED) is 0.842. The first kappa shape index (κ1) is 15.9. The summed E-state index contributed by atoms with van der Waals surface area (Å²) in [7, 11) is 3.36. The summed E-state index contributed by atoms with van der Waals surface area (Å²) in [5.41, 5.74) is 2.42. The molecule has 2 rings (SSSR count). The Kier molecular flexibility index (Phi) is 5.65. The molecule has 0 aromatic heterocycles. The fourth-order valence-corrected chi connectivity index (χ4v) is 2.71. The zero-order valence-corrected chi connectivity index (χ0v) is 14.1. The Morgan fingerprint density at radius 2 is 1.90 bits per heavy atom. The van der Waals surface area contributed by atoms with E-state index in [-0.39, 0.29) is 6.04 Å². The van der Waals surface area contributed by atoms with Crippen LogP contribution in [0.4, 0.5) is 0 Å². The van der Waals surface area contributed by atoms with Gasteiger partial charge in [-0.3, -0.25) is 0 Å². The van der Waals surface area contributed by atoms with Crippen LogP contribution in [0.25, 0.3) is 0 Å². The standard InChI is InChI=1S/C17H20BrNO2/c1-12(14-5-4-6-15(10-14)20-2)19-11-13-7-8-17(21-3)16(18)9-13/h4-10,12,19H,11H2,1-3H3/t12-/m1/s1. The molecule has 1 atom stereocenters. The van der Waals surface area contributed by atoms with Crippen molar-refractivity contribution in [1.29, 1.82) is 0 Å². The molecule has 0 aliphatic carbocycles. The zero-order chi connectivity index (χ0) is 15.2. The average molecular weight is 350 g/mol. The van der Waals surface area contributed by atoms with Crippen LogP contribution in [0.1, 0.15) is 24.1 Å². The molecule has 21 heavy (non-hydrogen) atoms. The van der Waals surface area contributed by atoms with Crippen LogP contribution in [0.2, 0.25) is 0 Å². The van der Waals surface area contributed by atoms with Crippen molar-refractivity contribution in [2.45, 2.75) is 19.5 Å². The van der Waals surface area contributed by atoms with Gasteiger partial charge in [0.25, 0.3) is 0 Å². The minimum atomic E-state index is 0.251. The van der Waals surface area contributed by atoms with Crippen LogP contribution in [-0.2, 0) is 6.54 Å². The largest absolute Gasteiger partial charge is 0.497 e. The van der Waals surface area contributed by atoms with Crippen molar-refractivity contribution < 1.29 is 9.47 Å². The molecule has 0 unspecified atom stereocenters. The maximum absolute atomic E-state index is 5.26. The third-order valence-electron chi connectivity index (χ3n) is 3.42. The summed E-state index contributed by atoms with van der Waals surface area (Å²) >= 11 is 3.51. The molecule has 4 heteroatoms. The monoisotopic (exact) mass is 349 g/mol. The van der Waals surface area contributed by atoms with Crippen LogP contribution < -0.4 is 14.8 Å². The second-order valence-electron chi connectivity index (χ2n) is 4.85. The number of nitrogens with one attached hydrogen (secondary N) is 1.